The largest absolute Gasteiger partial charge is 0.387 e. The highest BCUT2D eigenvalue weighted by molar-refractivity contribution is 9.10. The summed E-state index contributed by atoms with van der Waals surface area (Å²) >= 11 is 3.40. The molecule has 0 bridgehead atoms. The van der Waals surface area contributed by atoms with Crippen LogP contribution in [0.2, 0.25) is 0 Å². The zero-order valence-corrected chi connectivity index (χ0v) is 12.3. The molecule has 2 unspecified atom stereocenters. The second kappa shape index (κ2) is 5.66. The second-order valence-corrected chi connectivity index (χ2v) is 5.65. The fourth-order valence-corrected chi connectivity index (χ4v) is 2.53. The summed E-state index contributed by atoms with van der Waals surface area (Å²) < 4.78 is 1.04. The molecule has 0 saturated carbocycles. The van der Waals surface area contributed by atoms with Crippen molar-refractivity contribution in [1.82, 2.24) is 0 Å². The summed E-state index contributed by atoms with van der Waals surface area (Å²) in [6, 6.07) is 15.7. The molecule has 1 nitrogen and oxygen atoms in total. The van der Waals surface area contributed by atoms with Crippen molar-refractivity contribution < 1.29 is 5.11 Å². The Morgan fingerprint density at radius 3 is 2.55 bits per heavy atom. The van der Waals surface area contributed by atoms with Crippen LogP contribution in [0.1, 0.15) is 22.8 Å². The molecule has 0 amide bonds. The molecule has 3 rings (SSSR count). The Labute approximate surface area is 127 Å². The SMILES string of the molecule is OC1c2ccccc2C=CC1C#Cc1ccc(Br)cc1. The van der Waals surface area contributed by atoms with Gasteiger partial charge in [0.1, 0.15) is 0 Å². The highest BCUT2D eigenvalue weighted by Gasteiger charge is 2.21. The number of fused-ring (bicyclic) bond motifs is 1. The van der Waals surface area contributed by atoms with E-state index in [2.05, 4.69) is 27.8 Å². The smallest absolute Gasteiger partial charge is 0.0968 e. The van der Waals surface area contributed by atoms with Crippen molar-refractivity contribution in [2.45, 2.75) is 6.10 Å². The maximum Gasteiger partial charge on any atom is 0.0968 e. The number of aliphatic hydroxyl groups is 1. The minimum atomic E-state index is -0.556. The molecule has 2 atom stereocenters. The third-order valence-corrected chi connectivity index (χ3v) is 3.89. The molecular formula is C18H13BrO. The summed E-state index contributed by atoms with van der Waals surface area (Å²) in [4.78, 5) is 0. The van der Waals surface area contributed by atoms with Gasteiger partial charge in [-0.1, -0.05) is 64.2 Å². The first-order valence-corrected chi connectivity index (χ1v) is 7.25. The molecule has 1 aliphatic rings. The van der Waals surface area contributed by atoms with E-state index < -0.39 is 6.10 Å². The van der Waals surface area contributed by atoms with Crippen molar-refractivity contribution in [1.29, 1.82) is 0 Å². The Kier molecular flexibility index (Phi) is 3.73. The monoisotopic (exact) mass is 324 g/mol. The van der Waals surface area contributed by atoms with Gasteiger partial charge >= 0.3 is 0 Å². The molecule has 2 aromatic carbocycles. The highest BCUT2D eigenvalue weighted by atomic mass is 79.9. The van der Waals surface area contributed by atoms with Crippen molar-refractivity contribution >= 4 is 22.0 Å². The summed E-state index contributed by atoms with van der Waals surface area (Å²) in [7, 11) is 0. The van der Waals surface area contributed by atoms with E-state index in [9.17, 15) is 5.11 Å². The summed E-state index contributed by atoms with van der Waals surface area (Å²) in [6.07, 6.45) is 3.45. The Bertz CT molecular complexity index is 704. The van der Waals surface area contributed by atoms with Crippen LogP contribution in [-0.4, -0.2) is 5.11 Å². The van der Waals surface area contributed by atoms with Crippen LogP contribution in [0.5, 0.6) is 0 Å². The van der Waals surface area contributed by atoms with Crippen LogP contribution >= 0.6 is 15.9 Å². The van der Waals surface area contributed by atoms with Gasteiger partial charge in [-0.25, -0.2) is 0 Å². The average molecular weight is 325 g/mol. The number of hydrogen-bond acceptors (Lipinski definition) is 1. The van der Waals surface area contributed by atoms with Gasteiger partial charge in [-0.15, -0.1) is 0 Å². The normalized spacial score (nSPS) is 19.9. The van der Waals surface area contributed by atoms with Gasteiger partial charge < -0.3 is 5.11 Å². The maximum absolute atomic E-state index is 10.4. The quantitative estimate of drug-likeness (QED) is 0.721. The summed E-state index contributed by atoms with van der Waals surface area (Å²) in [5.41, 5.74) is 2.97. The highest BCUT2D eigenvalue weighted by Crippen LogP contribution is 2.31. The van der Waals surface area contributed by atoms with E-state index in [0.717, 1.165) is 21.2 Å². The van der Waals surface area contributed by atoms with E-state index in [1.807, 2.05) is 60.7 Å². The summed E-state index contributed by atoms with van der Waals surface area (Å²) in [5, 5.41) is 10.4. The van der Waals surface area contributed by atoms with Crippen LogP contribution in [0, 0.1) is 17.8 Å². The topological polar surface area (TPSA) is 20.2 Å². The number of aliphatic hydroxyl groups excluding tert-OH is 1. The van der Waals surface area contributed by atoms with Gasteiger partial charge in [-0.2, -0.15) is 0 Å². The summed E-state index contributed by atoms with van der Waals surface area (Å²) in [5.74, 6) is 6.11. The Hall–Kier alpha value is -1.82. The Morgan fingerprint density at radius 2 is 1.75 bits per heavy atom. The van der Waals surface area contributed by atoms with Crippen LogP contribution in [0.25, 0.3) is 6.08 Å². The molecule has 20 heavy (non-hydrogen) atoms. The molecule has 1 aliphatic carbocycles. The predicted molar refractivity (Wildman–Crippen MR) is 84.9 cm³/mol. The van der Waals surface area contributed by atoms with Crippen molar-refractivity contribution in [3.63, 3.8) is 0 Å². The Morgan fingerprint density at radius 1 is 1.00 bits per heavy atom. The van der Waals surface area contributed by atoms with Gasteiger partial charge in [-0.3, -0.25) is 0 Å². The molecule has 0 heterocycles. The maximum atomic E-state index is 10.4. The third kappa shape index (κ3) is 2.70. The van der Waals surface area contributed by atoms with Crippen LogP contribution in [0.3, 0.4) is 0 Å². The lowest BCUT2D eigenvalue weighted by molar-refractivity contribution is 0.153. The van der Waals surface area contributed by atoms with Gasteiger partial charge in [0.25, 0.3) is 0 Å². The van der Waals surface area contributed by atoms with Crippen LogP contribution < -0.4 is 0 Å². The molecule has 1 N–H and O–H groups in total. The first-order chi connectivity index (χ1) is 9.74. The number of rotatable bonds is 0. The fourth-order valence-electron chi connectivity index (χ4n) is 2.26. The van der Waals surface area contributed by atoms with E-state index in [1.165, 1.54) is 0 Å². The van der Waals surface area contributed by atoms with Gasteiger partial charge in [0.2, 0.25) is 0 Å². The van der Waals surface area contributed by atoms with E-state index in [1.54, 1.807) is 0 Å². The lowest BCUT2D eigenvalue weighted by Gasteiger charge is -2.21. The summed E-state index contributed by atoms with van der Waals surface area (Å²) in [6.45, 7) is 0. The van der Waals surface area contributed by atoms with Crippen molar-refractivity contribution in [3.8, 4) is 11.8 Å². The lowest BCUT2D eigenvalue weighted by Crippen LogP contribution is -2.13. The van der Waals surface area contributed by atoms with Gasteiger partial charge in [0, 0.05) is 10.0 Å². The molecule has 0 spiro atoms. The van der Waals surface area contributed by atoms with Crippen LogP contribution in [-0.2, 0) is 0 Å². The number of hydrogen-bond donors (Lipinski definition) is 1. The fraction of sp³-hybridized carbons (Fsp3) is 0.111. The standard InChI is InChI=1S/C18H13BrO/c19-16-11-6-13(7-12-16)5-8-15-10-9-14-3-1-2-4-17(14)18(15)20/h1-4,6-7,9-12,15,18,20H. The van der Waals surface area contributed by atoms with Crippen molar-refractivity contribution in [3.05, 3.63) is 75.8 Å². The minimum Gasteiger partial charge on any atom is -0.387 e. The number of halogens is 1. The van der Waals surface area contributed by atoms with E-state index in [-0.39, 0.29) is 5.92 Å². The van der Waals surface area contributed by atoms with Crippen LogP contribution in [0.15, 0.2) is 59.1 Å². The van der Waals surface area contributed by atoms with E-state index >= 15 is 0 Å². The minimum absolute atomic E-state index is 0.159. The first kappa shape index (κ1) is 13.2. The molecule has 2 aromatic rings. The molecule has 0 fully saturated rings. The molecule has 0 saturated heterocycles. The zero-order valence-electron chi connectivity index (χ0n) is 10.8. The zero-order chi connectivity index (χ0) is 13.9. The molecular weight excluding hydrogens is 312 g/mol. The molecule has 2 heteroatoms. The van der Waals surface area contributed by atoms with Crippen molar-refractivity contribution in [2.24, 2.45) is 5.92 Å². The molecule has 0 radical (unpaired) electrons. The molecule has 0 aromatic heterocycles. The predicted octanol–water partition coefficient (Wildman–Crippen LogP) is 4.18. The van der Waals surface area contributed by atoms with Crippen LogP contribution in [0.4, 0.5) is 0 Å². The molecule has 0 aliphatic heterocycles. The van der Waals surface area contributed by atoms with Gasteiger partial charge in [-0.05, 0) is 35.4 Å². The second-order valence-electron chi connectivity index (χ2n) is 4.73. The van der Waals surface area contributed by atoms with Gasteiger partial charge in [0.15, 0.2) is 0 Å². The van der Waals surface area contributed by atoms with Gasteiger partial charge in [0.05, 0.1) is 12.0 Å². The lowest BCUT2D eigenvalue weighted by atomic mass is 9.87. The Balaban J connectivity index is 1.86. The third-order valence-electron chi connectivity index (χ3n) is 3.37. The number of benzene rings is 2. The first-order valence-electron chi connectivity index (χ1n) is 6.46. The van der Waals surface area contributed by atoms with E-state index in [4.69, 9.17) is 0 Å². The van der Waals surface area contributed by atoms with Crippen molar-refractivity contribution in [2.75, 3.05) is 0 Å². The molecule has 98 valence electrons. The van der Waals surface area contributed by atoms with E-state index in [0.29, 0.717) is 0 Å². The average Bonchev–Trinajstić information content (AvgIpc) is 2.49.